The lowest BCUT2D eigenvalue weighted by Gasteiger charge is -2.32. The number of aromatic nitrogens is 5. The Morgan fingerprint density at radius 2 is 1.85 bits per heavy atom. The van der Waals surface area contributed by atoms with Crippen molar-refractivity contribution in [1.29, 1.82) is 5.26 Å². The summed E-state index contributed by atoms with van der Waals surface area (Å²) in [6.07, 6.45) is 8.19. The number of nitriles is 1. The van der Waals surface area contributed by atoms with Gasteiger partial charge in [-0.2, -0.15) is 5.26 Å². The number of nitrogens with one attached hydrogen (secondary N) is 1. The van der Waals surface area contributed by atoms with E-state index < -0.39 is 0 Å². The molecule has 1 aromatic carbocycles. The van der Waals surface area contributed by atoms with E-state index in [-0.39, 0.29) is 5.82 Å². The van der Waals surface area contributed by atoms with Crippen molar-refractivity contribution in [3.8, 4) is 23.0 Å². The van der Waals surface area contributed by atoms with Gasteiger partial charge in [0.25, 0.3) is 0 Å². The van der Waals surface area contributed by atoms with Gasteiger partial charge in [-0.05, 0) is 67.3 Å². The number of rotatable bonds is 7. The number of nitrogens with two attached hydrogens (primary N) is 1. The molecule has 1 fully saturated rings. The number of hydrogen-bond acceptors (Lipinski definition) is 8. The molecule has 5 aromatic rings. The number of anilines is 2. The van der Waals surface area contributed by atoms with E-state index in [4.69, 9.17) is 11.0 Å². The van der Waals surface area contributed by atoms with Crippen LogP contribution in [-0.4, -0.2) is 48.5 Å². The van der Waals surface area contributed by atoms with Gasteiger partial charge in [-0.1, -0.05) is 19.1 Å². The monoisotopic (exact) mass is 529 g/mol. The average molecular weight is 530 g/mol. The molecule has 1 aliphatic rings. The Morgan fingerprint density at radius 3 is 2.60 bits per heavy atom. The normalized spacial score (nSPS) is 14.3. The summed E-state index contributed by atoms with van der Waals surface area (Å²) in [6.45, 7) is 5.01. The molecule has 0 aliphatic carbocycles. The lowest BCUT2D eigenvalue weighted by Crippen LogP contribution is -2.38. The number of fused-ring (bicyclic) bond motifs is 1. The molecule has 0 radical (unpaired) electrons. The fourth-order valence-electron chi connectivity index (χ4n) is 5.39. The van der Waals surface area contributed by atoms with Gasteiger partial charge in [0.1, 0.15) is 17.7 Å². The summed E-state index contributed by atoms with van der Waals surface area (Å²) in [6, 6.07) is 21.2. The number of likely N-dealkylation sites (tertiary alicyclic amines) is 1. The molecular formula is C31H31N9. The van der Waals surface area contributed by atoms with Crippen molar-refractivity contribution >= 4 is 22.5 Å². The Labute approximate surface area is 233 Å². The quantitative estimate of drug-likeness (QED) is 0.303. The van der Waals surface area contributed by atoms with Gasteiger partial charge in [0.15, 0.2) is 0 Å². The molecule has 6 rings (SSSR count). The SMILES string of the molecule is CCc1cc2c(cn1)cc(-c1cccnc1N)n2-c1ccc(CN2CCC(Nc3ccnc(C#N)n3)CC2)cc1. The van der Waals surface area contributed by atoms with E-state index >= 15 is 0 Å². The predicted octanol–water partition coefficient (Wildman–Crippen LogP) is 4.97. The molecule has 0 saturated carbocycles. The van der Waals surface area contributed by atoms with Crippen molar-refractivity contribution in [3.63, 3.8) is 0 Å². The molecule has 4 aromatic heterocycles. The molecule has 0 amide bonds. The van der Waals surface area contributed by atoms with Crippen molar-refractivity contribution in [2.75, 3.05) is 24.1 Å². The molecule has 3 N–H and O–H groups in total. The molecule has 9 heteroatoms. The summed E-state index contributed by atoms with van der Waals surface area (Å²) in [5.41, 5.74) is 12.7. The van der Waals surface area contributed by atoms with Crippen molar-refractivity contribution < 1.29 is 0 Å². The summed E-state index contributed by atoms with van der Waals surface area (Å²) in [4.78, 5) is 19.6. The van der Waals surface area contributed by atoms with Crippen LogP contribution in [0.2, 0.25) is 0 Å². The first kappa shape index (κ1) is 25.5. The third-order valence-corrected chi connectivity index (χ3v) is 7.52. The number of hydrogen-bond donors (Lipinski definition) is 2. The molecular weight excluding hydrogens is 498 g/mol. The molecule has 200 valence electrons. The standard InChI is InChI=1S/C31H31N9/c1-2-23-17-27-22(19-36-23)16-28(26-4-3-12-35-31(26)33)40(27)25-7-5-21(6-8-25)20-39-14-10-24(11-15-39)37-29-9-13-34-30(18-32)38-29/h3-9,12-13,16-17,19,24H,2,10-11,14-15,20H2,1H3,(H2,33,35)(H,34,37,38). The molecule has 0 atom stereocenters. The lowest BCUT2D eigenvalue weighted by atomic mass is 10.0. The third-order valence-electron chi connectivity index (χ3n) is 7.52. The van der Waals surface area contributed by atoms with E-state index in [9.17, 15) is 0 Å². The minimum Gasteiger partial charge on any atom is -0.383 e. The van der Waals surface area contributed by atoms with Crippen molar-refractivity contribution in [1.82, 2.24) is 29.4 Å². The first-order valence-electron chi connectivity index (χ1n) is 13.6. The van der Waals surface area contributed by atoms with Gasteiger partial charge in [-0.15, -0.1) is 0 Å². The summed E-state index contributed by atoms with van der Waals surface area (Å²) in [5.74, 6) is 1.42. The van der Waals surface area contributed by atoms with E-state index in [2.05, 4.69) is 78.0 Å². The van der Waals surface area contributed by atoms with Gasteiger partial charge in [0.05, 0.1) is 11.2 Å². The Kier molecular flexibility index (Phi) is 7.08. The molecule has 9 nitrogen and oxygen atoms in total. The van der Waals surface area contributed by atoms with Gasteiger partial charge in [-0.25, -0.2) is 15.0 Å². The predicted molar refractivity (Wildman–Crippen MR) is 157 cm³/mol. The summed E-state index contributed by atoms with van der Waals surface area (Å²) >= 11 is 0. The molecule has 0 spiro atoms. The van der Waals surface area contributed by atoms with Crippen molar-refractivity contribution in [3.05, 3.63) is 90.3 Å². The molecule has 1 aliphatic heterocycles. The molecule has 1 saturated heterocycles. The molecule has 40 heavy (non-hydrogen) atoms. The highest BCUT2D eigenvalue weighted by molar-refractivity contribution is 5.90. The van der Waals surface area contributed by atoms with Crippen molar-refractivity contribution in [2.24, 2.45) is 0 Å². The number of nitrogens with zero attached hydrogens (tertiary/aromatic N) is 7. The largest absolute Gasteiger partial charge is 0.383 e. The number of piperidine rings is 1. The van der Waals surface area contributed by atoms with Crippen LogP contribution in [0.25, 0.3) is 27.8 Å². The zero-order chi connectivity index (χ0) is 27.5. The van der Waals surface area contributed by atoms with Crippen LogP contribution < -0.4 is 11.1 Å². The van der Waals surface area contributed by atoms with Crippen molar-refractivity contribution in [2.45, 2.75) is 38.8 Å². The smallest absolute Gasteiger partial charge is 0.234 e. The second-order valence-electron chi connectivity index (χ2n) is 10.1. The van der Waals surface area contributed by atoms with Gasteiger partial charge < -0.3 is 15.6 Å². The maximum absolute atomic E-state index is 9.04. The Hall–Kier alpha value is -4.81. The summed E-state index contributed by atoms with van der Waals surface area (Å²) in [5, 5.41) is 13.6. The fourth-order valence-corrected chi connectivity index (χ4v) is 5.39. The fraction of sp³-hybridized carbons (Fsp3) is 0.258. The van der Waals surface area contributed by atoms with Gasteiger partial charge in [0, 0.05) is 66.6 Å². The summed E-state index contributed by atoms with van der Waals surface area (Å²) < 4.78 is 2.26. The molecule has 0 unspecified atom stereocenters. The minimum atomic E-state index is 0.192. The van der Waals surface area contributed by atoms with Crippen LogP contribution in [0, 0.1) is 11.3 Å². The Balaban J connectivity index is 1.19. The number of aryl methyl sites for hydroxylation is 1. The van der Waals surface area contributed by atoms with E-state index in [1.807, 2.05) is 30.5 Å². The van der Waals surface area contributed by atoms with Crippen LogP contribution in [0.1, 0.15) is 36.8 Å². The van der Waals surface area contributed by atoms with E-state index in [1.54, 1.807) is 12.4 Å². The number of nitrogen functional groups attached to an aromatic ring is 1. The van der Waals surface area contributed by atoms with Crippen LogP contribution in [-0.2, 0) is 13.0 Å². The zero-order valence-corrected chi connectivity index (χ0v) is 22.5. The zero-order valence-electron chi connectivity index (χ0n) is 22.5. The van der Waals surface area contributed by atoms with Crippen LogP contribution >= 0.6 is 0 Å². The molecule has 0 bridgehead atoms. The Bertz CT molecular complexity index is 1680. The van der Waals surface area contributed by atoms with Gasteiger partial charge in [-0.3, -0.25) is 9.88 Å². The number of pyridine rings is 2. The maximum atomic E-state index is 9.04. The second-order valence-corrected chi connectivity index (χ2v) is 10.1. The van der Waals surface area contributed by atoms with E-state index in [0.29, 0.717) is 17.7 Å². The van der Waals surface area contributed by atoms with Crippen LogP contribution in [0.15, 0.2) is 73.2 Å². The first-order chi connectivity index (χ1) is 19.6. The van der Waals surface area contributed by atoms with E-state index in [1.165, 1.54) is 5.56 Å². The second kappa shape index (κ2) is 11.1. The highest BCUT2D eigenvalue weighted by atomic mass is 15.1. The van der Waals surface area contributed by atoms with Crippen LogP contribution in [0.5, 0.6) is 0 Å². The Morgan fingerprint density at radius 1 is 1.02 bits per heavy atom. The highest BCUT2D eigenvalue weighted by Gasteiger charge is 2.20. The third kappa shape index (κ3) is 5.22. The average Bonchev–Trinajstić information content (AvgIpc) is 3.37. The lowest BCUT2D eigenvalue weighted by molar-refractivity contribution is 0.211. The minimum absolute atomic E-state index is 0.192. The van der Waals surface area contributed by atoms with Gasteiger partial charge in [0.2, 0.25) is 5.82 Å². The topological polar surface area (TPSA) is 122 Å². The van der Waals surface area contributed by atoms with Crippen LogP contribution in [0.3, 0.4) is 0 Å². The molecule has 5 heterocycles. The number of benzene rings is 1. The van der Waals surface area contributed by atoms with Gasteiger partial charge >= 0.3 is 0 Å². The highest BCUT2D eigenvalue weighted by Crippen LogP contribution is 2.34. The first-order valence-corrected chi connectivity index (χ1v) is 13.6. The van der Waals surface area contributed by atoms with Crippen LogP contribution in [0.4, 0.5) is 11.6 Å². The van der Waals surface area contributed by atoms with E-state index in [0.717, 1.165) is 72.4 Å². The maximum Gasteiger partial charge on any atom is 0.234 e. The summed E-state index contributed by atoms with van der Waals surface area (Å²) in [7, 11) is 0.